The Hall–Kier alpha value is -2.40. The van der Waals surface area contributed by atoms with Crippen molar-refractivity contribution >= 4 is 11.9 Å². The number of allylic oxidation sites excluding steroid dienone is 10. The van der Waals surface area contributed by atoms with Crippen molar-refractivity contribution in [1.82, 2.24) is 0 Å². The summed E-state index contributed by atoms with van der Waals surface area (Å²) in [6.45, 7) is 4.00. The number of hydrogen-bond donors (Lipinski definition) is 1. The van der Waals surface area contributed by atoms with Gasteiger partial charge in [0.15, 0.2) is 6.10 Å². The van der Waals surface area contributed by atoms with Gasteiger partial charge < -0.3 is 14.6 Å². The molecule has 5 heteroatoms. The first-order chi connectivity index (χ1) is 24.6. The summed E-state index contributed by atoms with van der Waals surface area (Å²) in [4.78, 5) is 24.3. The Morgan fingerprint density at radius 1 is 0.480 bits per heavy atom. The van der Waals surface area contributed by atoms with Crippen LogP contribution in [0.2, 0.25) is 0 Å². The summed E-state index contributed by atoms with van der Waals surface area (Å²) in [6.07, 6.45) is 52.8. The molecule has 0 bridgehead atoms. The standard InChI is InChI=1S/C45H78O5/c1-3-5-7-9-11-13-15-17-19-21-22-24-25-27-29-31-33-35-37-39-44(47)49-42-43(41-46)50-45(48)40-38-36-34-32-30-28-26-23-20-18-16-14-12-10-8-6-4-2/h6,8,12,14,17-20,26,28,43,46H,3-5,7,9-11,13,15-16,21-25,27,29-42H2,1-2H3/b8-6-,14-12-,19-17-,20-18-,28-26-/t43-/m0/s1. The molecule has 0 aliphatic carbocycles. The summed E-state index contributed by atoms with van der Waals surface area (Å²) in [5, 5.41) is 9.57. The highest BCUT2D eigenvalue weighted by Crippen LogP contribution is 2.13. The van der Waals surface area contributed by atoms with E-state index in [1.807, 2.05) is 0 Å². The lowest BCUT2D eigenvalue weighted by atomic mass is 10.1. The Morgan fingerprint density at radius 3 is 1.32 bits per heavy atom. The van der Waals surface area contributed by atoms with Gasteiger partial charge in [0, 0.05) is 12.8 Å². The highest BCUT2D eigenvalue weighted by atomic mass is 16.6. The van der Waals surface area contributed by atoms with Crippen molar-refractivity contribution < 1.29 is 24.2 Å². The van der Waals surface area contributed by atoms with Gasteiger partial charge in [-0.2, -0.15) is 0 Å². The molecule has 0 radical (unpaired) electrons. The average Bonchev–Trinajstić information content (AvgIpc) is 3.12. The normalized spacial score (nSPS) is 12.8. The fourth-order valence-electron chi connectivity index (χ4n) is 5.66. The molecule has 0 rings (SSSR count). The van der Waals surface area contributed by atoms with Crippen LogP contribution in [0.1, 0.15) is 194 Å². The second kappa shape index (κ2) is 41.0. The van der Waals surface area contributed by atoms with E-state index in [0.29, 0.717) is 12.8 Å². The molecule has 0 amide bonds. The third-order valence-corrected chi connectivity index (χ3v) is 8.80. The number of carbonyl (C=O) groups excluding carboxylic acids is 2. The van der Waals surface area contributed by atoms with E-state index in [2.05, 4.69) is 74.6 Å². The minimum absolute atomic E-state index is 0.0785. The van der Waals surface area contributed by atoms with E-state index in [9.17, 15) is 14.7 Å². The zero-order chi connectivity index (χ0) is 36.4. The molecule has 0 saturated carbocycles. The summed E-state index contributed by atoms with van der Waals surface area (Å²) in [5.74, 6) is -0.622. The van der Waals surface area contributed by atoms with Crippen molar-refractivity contribution in [1.29, 1.82) is 0 Å². The van der Waals surface area contributed by atoms with Crippen LogP contribution in [0.25, 0.3) is 0 Å². The Balaban J connectivity index is 3.59. The van der Waals surface area contributed by atoms with Crippen LogP contribution in [0, 0.1) is 0 Å². The average molecular weight is 699 g/mol. The number of unbranched alkanes of at least 4 members (excludes halogenated alkanes) is 19. The number of carbonyl (C=O) groups is 2. The summed E-state index contributed by atoms with van der Waals surface area (Å²) in [7, 11) is 0. The fourth-order valence-corrected chi connectivity index (χ4v) is 5.66. The first-order valence-electron chi connectivity index (χ1n) is 20.8. The maximum atomic E-state index is 12.2. The molecule has 5 nitrogen and oxygen atoms in total. The van der Waals surface area contributed by atoms with Crippen LogP contribution in [0.15, 0.2) is 60.8 Å². The van der Waals surface area contributed by atoms with Crippen LogP contribution in [0.4, 0.5) is 0 Å². The van der Waals surface area contributed by atoms with Crippen LogP contribution in [-0.4, -0.2) is 36.4 Å². The lowest BCUT2D eigenvalue weighted by Crippen LogP contribution is -2.28. The lowest BCUT2D eigenvalue weighted by molar-refractivity contribution is -0.161. The SMILES string of the molecule is CC/C=C\C/C=C\C/C=C\C/C=C\CCCCCCC(=O)O[C@@H](CO)COC(=O)CCCCCCCCCCC/C=C\CCCCCCCC. The first kappa shape index (κ1) is 47.6. The van der Waals surface area contributed by atoms with Gasteiger partial charge in [0.05, 0.1) is 6.61 Å². The number of esters is 2. The molecule has 0 spiro atoms. The second-order valence-corrected chi connectivity index (χ2v) is 13.7. The van der Waals surface area contributed by atoms with Crippen LogP contribution < -0.4 is 0 Å². The van der Waals surface area contributed by atoms with Gasteiger partial charge in [-0.05, 0) is 77.0 Å². The largest absolute Gasteiger partial charge is 0.462 e. The van der Waals surface area contributed by atoms with Crippen molar-refractivity contribution in [2.75, 3.05) is 13.2 Å². The molecule has 0 aliphatic rings. The van der Waals surface area contributed by atoms with Gasteiger partial charge in [0.2, 0.25) is 0 Å². The van der Waals surface area contributed by atoms with Gasteiger partial charge in [0.1, 0.15) is 6.61 Å². The third kappa shape index (κ3) is 38.4. The molecule has 0 aliphatic heterocycles. The highest BCUT2D eigenvalue weighted by Gasteiger charge is 2.16. The molecule has 50 heavy (non-hydrogen) atoms. The molecule has 0 aromatic heterocycles. The third-order valence-electron chi connectivity index (χ3n) is 8.80. The second-order valence-electron chi connectivity index (χ2n) is 13.7. The molecule has 0 heterocycles. The van der Waals surface area contributed by atoms with E-state index in [1.54, 1.807) is 0 Å². The Kier molecular flexibility index (Phi) is 39.1. The fraction of sp³-hybridized carbons (Fsp3) is 0.733. The van der Waals surface area contributed by atoms with E-state index < -0.39 is 6.10 Å². The molecular formula is C45H78O5. The van der Waals surface area contributed by atoms with Crippen molar-refractivity contribution in [3.63, 3.8) is 0 Å². The molecule has 0 unspecified atom stereocenters. The first-order valence-corrected chi connectivity index (χ1v) is 20.8. The van der Waals surface area contributed by atoms with E-state index in [4.69, 9.17) is 9.47 Å². The maximum absolute atomic E-state index is 12.2. The van der Waals surface area contributed by atoms with E-state index in [1.165, 1.54) is 89.9 Å². The van der Waals surface area contributed by atoms with Gasteiger partial charge in [-0.1, -0.05) is 164 Å². The minimum atomic E-state index is -0.786. The lowest BCUT2D eigenvalue weighted by Gasteiger charge is -2.15. The molecule has 1 atom stereocenters. The Bertz CT molecular complexity index is 884. The number of aliphatic hydroxyl groups excluding tert-OH is 1. The van der Waals surface area contributed by atoms with Crippen molar-refractivity contribution in [3.8, 4) is 0 Å². The van der Waals surface area contributed by atoms with Crippen LogP contribution in [-0.2, 0) is 19.1 Å². The summed E-state index contributed by atoms with van der Waals surface area (Å²) < 4.78 is 10.6. The maximum Gasteiger partial charge on any atom is 0.306 e. The Morgan fingerprint density at radius 2 is 0.860 bits per heavy atom. The number of rotatable bonds is 37. The molecule has 0 aromatic carbocycles. The summed E-state index contributed by atoms with van der Waals surface area (Å²) >= 11 is 0. The van der Waals surface area contributed by atoms with E-state index in [0.717, 1.165) is 77.0 Å². The Labute approximate surface area is 309 Å². The topological polar surface area (TPSA) is 72.8 Å². The van der Waals surface area contributed by atoms with Gasteiger partial charge in [-0.3, -0.25) is 9.59 Å². The van der Waals surface area contributed by atoms with Gasteiger partial charge in [-0.25, -0.2) is 0 Å². The van der Waals surface area contributed by atoms with E-state index in [-0.39, 0.29) is 25.2 Å². The molecule has 0 fully saturated rings. The van der Waals surface area contributed by atoms with E-state index >= 15 is 0 Å². The highest BCUT2D eigenvalue weighted by molar-refractivity contribution is 5.70. The molecule has 1 N–H and O–H groups in total. The zero-order valence-electron chi connectivity index (χ0n) is 32.6. The summed E-state index contributed by atoms with van der Waals surface area (Å²) in [6, 6.07) is 0. The molecular weight excluding hydrogens is 620 g/mol. The minimum Gasteiger partial charge on any atom is -0.462 e. The summed E-state index contributed by atoms with van der Waals surface area (Å²) in [5.41, 5.74) is 0. The predicted octanol–water partition coefficient (Wildman–Crippen LogP) is 13.2. The number of aliphatic hydroxyl groups is 1. The monoisotopic (exact) mass is 699 g/mol. The quantitative estimate of drug-likeness (QED) is 0.0397. The molecule has 288 valence electrons. The van der Waals surface area contributed by atoms with Crippen LogP contribution in [0.3, 0.4) is 0 Å². The molecule has 0 saturated heterocycles. The van der Waals surface area contributed by atoms with Crippen molar-refractivity contribution in [2.24, 2.45) is 0 Å². The van der Waals surface area contributed by atoms with Gasteiger partial charge >= 0.3 is 11.9 Å². The number of ether oxygens (including phenoxy) is 2. The van der Waals surface area contributed by atoms with Crippen LogP contribution >= 0.6 is 0 Å². The zero-order valence-corrected chi connectivity index (χ0v) is 32.6. The van der Waals surface area contributed by atoms with Crippen LogP contribution in [0.5, 0.6) is 0 Å². The van der Waals surface area contributed by atoms with Gasteiger partial charge in [0.25, 0.3) is 0 Å². The molecule has 0 aromatic rings. The van der Waals surface area contributed by atoms with Gasteiger partial charge in [-0.15, -0.1) is 0 Å². The van der Waals surface area contributed by atoms with Crippen molar-refractivity contribution in [2.45, 2.75) is 200 Å². The smallest absolute Gasteiger partial charge is 0.306 e. The van der Waals surface area contributed by atoms with Crippen molar-refractivity contribution in [3.05, 3.63) is 60.8 Å². The predicted molar refractivity (Wildman–Crippen MR) is 214 cm³/mol. The number of hydrogen-bond acceptors (Lipinski definition) is 5.